The summed E-state index contributed by atoms with van der Waals surface area (Å²) in [4.78, 5) is 12.9. The summed E-state index contributed by atoms with van der Waals surface area (Å²) in [6.45, 7) is 11.2. The van der Waals surface area contributed by atoms with E-state index in [1.165, 1.54) is 29.2 Å². The second-order valence-corrected chi connectivity index (χ2v) is 12.5. The summed E-state index contributed by atoms with van der Waals surface area (Å²) in [5.74, 6) is -3.19. The number of rotatable bonds is 8. The smallest absolute Gasteiger partial charge is 0.320 e. The van der Waals surface area contributed by atoms with Crippen LogP contribution in [0.25, 0.3) is 22.3 Å². The molecule has 14 heteroatoms. The Morgan fingerprint density at radius 2 is 1.65 bits per heavy atom. The van der Waals surface area contributed by atoms with Crippen LogP contribution in [-0.4, -0.2) is 58.5 Å². The van der Waals surface area contributed by atoms with Crippen molar-refractivity contribution in [2.24, 2.45) is 7.05 Å². The molecule has 0 saturated heterocycles. The van der Waals surface area contributed by atoms with Crippen LogP contribution >= 0.6 is 0 Å². The molecule has 0 amide bonds. The average Bonchev–Trinajstić information content (AvgIpc) is 3.18. The van der Waals surface area contributed by atoms with E-state index in [1.807, 2.05) is 41.5 Å². The fourth-order valence-electron chi connectivity index (χ4n) is 4.58. The van der Waals surface area contributed by atoms with Gasteiger partial charge in [-0.3, -0.25) is 4.98 Å². The molecule has 4 aromatic rings. The lowest BCUT2D eigenvalue weighted by Gasteiger charge is -2.34. The summed E-state index contributed by atoms with van der Waals surface area (Å²) in [6.07, 6.45) is -2.63. The first kappa shape index (κ1) is 30.4. The average molecular weight is 604 g/mol. The molecule has 0 aliphatic heterocycles. The third kappa shape index (κ3) is 6.94. The summed E-state index contributed by atoms with van der Waals surface area (Å²) in [7, 11) is 1.58. The van der Waals surface area contributed by atoms with Gasteiger partial charge < -0.3 is 14.2 Å². The van der Waals surface area contributed by atoms with E-state index >= 15 is 0 Å². The van der Waals surface area contributed by atoms with Crippen molar-refractivity contribution >= 4 is 11.0 Å². The van der Waals surface area contributed by atoms with Gasteiger partial charge >= 0.3 is 6.01 Å². The minimum absolute atomic E-state index is 0.0972. The monoisotopic (exact) mass is 603 g/mol. The zero-order valence-corrected chi connectivity index (χ0v) is 24.9. The van der Waals surface area contributed by atoms with Crippen LogP contribution in [0.2, 0.25) is 0 Å². The van der Waals surface area contributed by atoms with Gasteiger partial charge in [0.05, 0.1) is 10.9 Å². The fourth-order valence-corrected chi connectivity index (χ4v) is 4.58. The maximum absolute atomic E-state index is 14.4. The Bertz CT molecular complexity index is 1620. The SMILES string of the molecule is Cn1nc(O[C@H](c2ccnc(C3CC(F)(F)C3)c2)C(F)F)c2cc(-c3cnc(OC(C)(C)C)nc3OC(C)(C)C)nnc21. The van der Waals surface area contributed by atoms with Crippen molar-refractivity contribution in [1.29, 1.82) is 0 Å². The fraction of sp³-hybridized carbons (Fsp3) is 0.517. The lowest BCUT2D eigenvalue weighted by Crippen LogP contribution is -2.34. The van der Waals surface area contributed by atoms with E-state index in [0.29, 0.717) is 16.6 Å². The number of pyridine rings is 1. The molecular formula is C29H33F4N7O3. The number of fused-ring (bicyclic) bond motifs is 1. The number of ether oxygens (including phenoxy) is 3. The van der Waals surface area contributed by atoms with Gasteiger partial charge in [-0.2, -0.15) is 4.98 Å². The van der Waals surface area contributed by atoms with Gasteiger partial charge in [0.25, 0.3) is 6.43 Å². The molecule has 43 heavy (non-hydrogen) atoms. The van der Waals surface area contributed by atoms with Gasteiger partial charge in [-0.25, -0.2) is 27.2 Å². The molecule has 1 fully saturated rings. The molecule has 5 rings (SSSR count). The summed E-state index contributed by atoms with van der Waals surface area (Å²) < 4.78 is 74.7. The predicted octanol–water partition coefficient (Wildman–Crippen LogP) is 6.47. The van der Waals surface area contributed by atoms with Gasteiger partial charge in [0.2, 0.25) is 17.7 Å². The zero-order valence-electron chi connectivity index (χ0n) is 24.9. The third-order valence-corrected chi connectivity index (χ3v) is 6.47. The van der Waals surface area contributed by atoms with Crippen molar-refractivity contribution in [3.63, 3.8) is 0 Å². The normalized spacial score (nSPS) is 16.3. The summed E-state index contributed by atoms with van der Waals surface area (Å²) in [5.41, 5.74) is 0.194. The topological polar surface area (TPSA) is 110 Å². The minimum atomic E-state index is -2.96. The van der Waals surface area contributed by atoms with Crippen LogP contribution in [0.4, 0.5) is 17.6 Å². The quantitative estimate of drug-likeness (QED) is 0.209. The summed E-state index contributed by atoms with van der Waals surface area (Å²) >= 11 is 0. The van der Waals surface area contributed by atoms with Crippen LogP contribution in [0.1, 0.15) is 77.7 Å². The maximum Gasteiger partial charge on any atom is 0.320 e. The second-order valence-electron chi connectivity index (χ2n) is 12.5. The molecule has 1 atom stereocenters. The van der Waals surface area contributed by atoms with E-state index in [-0.39, 0.29) is 47.5 Å². The molecule has 10 nitrogen and oxygen atoms in total. The molecule has 4 heterocycles. The Morgan fingerprint density at radius 3 is 2.28 bits per heavy atom. The molecule has 0 radical (unpaired) electrons. The number of aromatic nitrogens is 7. The first-order valence-electron chi connectivity index (χ1n) is 13.7. The Labute approximate surface area is 245 Å². The lowest BCUT2D eigenvalue weighted by molar-refractivity contribution is -0.0876. The van der Waals surface area contributed by atoms with E-state index in [0.717, 1.165) is 0 Å². The minimum Gasteiger partial charge on any atom is -0.471 e. The van der Waals surface area contributed by atoms with E-state index in [1.54, 1.807) is 13.1 Å². The van der Waals surface area contributed by atoms with E-state index < -0.39 is 35.6 Å². The second kappa shape index (κ2) is 10.9. The van der Waals surface area contributed by atoms with Crippen LogP contribution < -0.4 is 14.2 Å². The number of hydrogen-bond donors (Lipinski definition) is 0. The molecule has 0 unspecified atom stereocenters. The van der Waals surface area contributed by atoms with Crippen molar-refractivity contribution in [3.05, 3.63) is 41.9 Å². The predicted molar refractivity (Wildman–Crippen MR) is 149 cm³/mol. The van der Waals surface area contributed by atoms with Gasteiger partial charge in [-0.05, 0) is 59.7 Å². The van der Waals surface area contributed by atoms with Crippen LogP contribution in [0, 0.1) is 0 Å². The van der Waals surface area contributed by atoms with Gasteiger partial charge in [0.15, 0.2) is 11.8 Å². The van der Waals surface area contributed by atoms with E-state index in [4.69, 9.17) is 14.2 Å². The molecule has 0 bridgehead atoms. The van der Waals surface area contributed by atoms with Crippen LogP contribution in [0.5, 0.6) is 17.8 Å². The Balaban J connectivity index is 1.51. The number of nitrogens with zero attached hydrogens (tertiary/aromatic N) is 7. The number of aryl methyl sites for hydroxylation is 1. The van der Waals surface area contributed by atoms with Crippen molar-refractivity contribution in [1.82, 2.24) is 34.9 Å². The maximum atomic E-state index is 14.4. The molecule has 0 aromatic carbocycles. The molecule has 0 spiro atoms. The van der Waals surface area contributed by atoms with Gasteiger partial charge in [-0.15, -0.1) is 15.3 Å². The van der Waals surface area contributed by atoms with Gasteiger partial charge in [0.1, 0.15) is 16.9 Å². The largest absolute Gasteiger partial charge is 0.471 e. The number of alkyl halides is 4. The van der Waals surface area contributed by atoms with Crippen LogP contribution in [-0.2, 0) is 7.05 Å². The zero-order chi connectivity index (χ0) is 31.3. The summed E-state index contributed by atoms with van der Waals surface area (Å²) in [5, 5.41) is 13.1. The highest BCUT2D eigenvalue weighted by molar-refractivity contribution is 5.85. The van der Waals surface area contributed by atoms with E-state index in [2.05, 4.69) is 30.2 Å². The standard InChI is InChI=1S/C29H33F4N7O3/c1-27(2,3)42-24-18(14-35-26(36-24)43-28(4,5)6)20-11-17-23(38-37-20)40(7)39-25(17)41-21(22(30)31)15-8-9-34-19(10-15)16-12-29(32,33)13-16/h8-11,14,16,21-22H,12-13H2,1-7H3/t21-/m1/s1. The van der Waals surface area contributed by atoms with Crippen molar-refractivity contribution < 1.29 is 31.8 Å². The first-order chi connectivity index (χ1) is 20.0. The van der Waals surface area contributed by atoms with Crippen LogP contribution in [0.3, 0.4) is 0 Å². The van der Waals surface area contributed by atoms with Crippen molar-refractivity contribution in [3.8, 4) is 29.0 Å². The highest BCUT2D eigenvalue weighted by Crippen LogP contribution is 2.48. The summed E-state index contributed by atoms with van der Waals surface area (Å²) in [6, 6.07) is 4.46. The third-order valence-electron chi connectivity index (χ3n) is 6.47. The molecule has 0 N–H and O–H groups in total. The molecular weight excluding hydrogens is 570 g/mol. The van der Waals surface area contributed by atoms with Crippen molar-refractivity contribution in [2.75, 3.05) is 0 Å². The Hall–Kier alpha value is -4.10. The van der Waals surface area contributed by atoms with E-state index in [9.17, 15) is 17.6 Å². The van der Waals surface area contributed by atoms with Gasteiger partial charge in [-0.1, -0.05) is 0 Å². The molecule has 230 valence electrons. The highest BCUT2D eigenvalue weighted by atomic mass is 19.3. The first-order valence-corrected chi connectivity index (χ1v) is 13.7. The lowest BCUT2D eigenvalue weighted by atomic mass is 9.78. The Kier molecular flexibility index (Phi) is 7.68. The Morgan fingerprint density at radius 1 is 0.953 bits per heavy atom. The van der Waals surface area contributed by atoms with Crippen LogP contribution in [0.15, 0.2) is 30.6 Å². The molecule has 1 aliphatic carbocycles. The number of hydrogen-bond acceptors (Lipinski definition) is 9. The molecule has 1 aliphatic rings. The number of halogens is 4. The highest BCUT2D eigenvalue weighted by Gasteiger charge is 2.46. The molecule has 1 saturated carbocycles. The van der Waals surface area contributed by atoms with Crippen molar-refractivity contribution in [2.45, 2.75) is 90.0 Å². The molecule has 4 aromatic heterocycles. The van der Waals surface area contributed by atoms with Gasteiger partial charge in [0, 0.05) is 49.5 Å².